The average molecular weight is 366 g/mol. The van der Waals surface area contributed by atoms with Gasteiger partial charge in [-0.1, -0.05) is 35.9 Å². The lowest BCUT2D eigenvalue weighted by molar-refractivity contribution is -0.202. The lowest BCUT2D eigenvalue weighted by atomic mass is 9.84. The van der Waals surface area contributed by atoms with Crippen molar-refractivity contribution in [3.8, 4) is 0 Å². The Morgan fingerprint density at radius 1 is 1.26 bits per heavy atom. The number of rotatable bonds is 5. The van der Waals surface area contributed by atoms with Crippen molar-refractivity contribution < 1.29 is 14.3 Å². The number of aryl methyl sites for hydroxylation is 1. The number of benzene rings is 1. The standard InChI is InChI=1S/C22H26N2O3/c1-17-5-7-18(8-6-17)12-21(25)24-15-22(16-24)13-20(9-11-27-22)26-14-19-4-2-3-10-23-19/h2-8,10,20H,9,11-16H2,1H3/t20-/m1/s1. The number of hydrogen-bond acceptors (Lipinski definition) is 4. The van der Waals surface area contributed by atoms with E-state index in [1.54, 1.807) is 6.20 Å². The van der Waals surface area contributed by atoms with Gasteiger partial charge in [-0.05, 0) is 31.0 Å². The molecule has 1 spiro atoms. The maximum absolute atomic E-state index is 12.5. The Morgan fingerprint density at radius 2 is 2.07 bits per heavy atom. The molecule has 2 saturated heterocycles. The number of carbonyl (C=O) groups is 1. The largest absolute Gasteiger partial charge is 0.372 e. The van der Waals surface area contributed by atoms with Crippen molar-refractivity contribution >= 4 is 5.91 Å². The lowest BCUT2D eigenvalue weighted by Crippen LogP contribution is -2.67. The van der Waals surface area contributed by atoms with Crippen LogP contribution in [0.1, 0.15) is 29.7 Å². The van der Waals surface area contributed by atoms with Gasteiger partial charge < -0.3 is 14.4 Å². The van der Waals surface area contributed by atoms with Gasteiger partial charge in [0, 0.05) is 19.2 Å². The predicted molar refractivity (Wildman–Crippen MR) is 102 cm³/mol. The Bertz CT molecular complexity index is 770. The molecule has 2 aromatic rings. The molecule has 1 aromatic carbocycles. The van der Waals surface area contributed by atoms with E-state index >= 15 is 0 Å². The molecular formula is C22H26N2O3. The molecule has 0 bridgehead atoms. The normalized spacial score (nSPS) is 21.1. The predicted octanol–water partition coefficient (Wildman–Crippen LogP) is 2.91. The third-order valence-electron chi connectivity index (χ3n) is 5.43. The summed E-state index contributed by atoms with van der Waals surface area (Å²) >= 11 is 0. The van der Waals surface area contributed by atoms with Crippen LogP contribution in [-0.4, -0.2) is 47.2 Å². The molecule has 3 heterocycles. The topological polar surface area (TPSA) is 51.7 Å². The summed E-state index contributed by atoms with van der Waals surface area (Å²) in [6, 6.07) is 14.0. The molecule has 1 aromatic heterocycles. The molecule has 1 amide bonds. The van der Waals surface area contributed by atoms with Crippen LogP contribution in [0.2, 0.25) is 0 Å². The van der Waals surface area contributed by atoms with E-state index in [1.165, 1.54) is 5.56 Å². The van der Waals surface area contributed by atoms with Gasteiger partial charge in [0.1, 0.15) is 5.60 Å². The fraction of sp³-hybridized carbons (Fsp3) is 0.455. The molecule has 27 heavy (non-hydrogen) atoms. The van der Waals surface area contributed by atoms with E-state index in [9.17, 15) is 4.79 Å². The van der Waals surface area contributed by atoms with E-state index < -0.39 is 0 Å². The monoisotopic (exact) mass is 366 g/mol. The molecule has 5 nitrogen and oxygen atoms in total. The zero-order chi connectivity index (χ0) is 18.7. The molecule has 0 unspecified atom stereocenters. The highest BCUT2D eigenvalue weighted by Gasteiger charge is 2.49. The van der Waals surface area contributed by atoms with Crippen LogP contribution in [0.3, 0.4) is 0 Å². The van der Waals surface area contributed by atoms with Crippen molar-refractivity contribution in [2.75, 3.05) is 19.7 Å². The number of carbonyl (C=O) groups excluding carboxylic acids is 1. The molecule has 2 aliphatic heterocycles. The minimum Gasteiger partial charge on any atom is -0.372 e. The van der Waals surface area contributed by atoms with Gasteiger partial charge in [-0.15, -0.1) is 0 Å². The van der Waals surface area contributed by atoms with Crippen LogP contribution in [0.25, 0.3) is 0 Å². The molecular weight excluding hydrogens is 340 g/mol. The smallest absolute Gasteiger partial charge is 0.227 e. The molecule has 4 rings (SSSR count). The minimum atomic E-state index is -0.226. The van der Waals surface area contributed by atoms with Crippen LogP contribution in [0.15, 0.2) is 48.7 Å². The molecule has 0 N–H and O–H groups in total. The fourth-order valence-corrected chi connectivity index (χ4v) is 3.85. The summed E-state index contributed by atoms with van der Waals surface area (Å²) in [5.41, 5.74) is 2.99. The van der Waals surface area contributed by atoms with Crippen molar-refractivity contribution in [3.05, 3.63) is 65.5 Å². The van der Waals surface area contributed by atoms with Crippen LogP contribution in [0.5, 0.6) is 0 Å². The van der Waals surface area contributed by atoms with Gasteiger partial charge in [0.15, 0.2) is 0 Å². The Balaban J connectivity index is 1.26. The second kappa shape index (κ2) is 7.79. The Hall–Kier alpha value is -2.24. The number of likely N-dealkylation sites (tertiary alicyclic amines) is 1. The van der Waals surface area contributed by atoms with Gasteiger partial charge in [-0.3, -0.25) is 9.78 Å². The van der Waals surface area contributed by atoms with Crippen molar-refractivity contribution in [1.29, 1.82) is 0 Å². The minimum absolute atomic E-state index is 0.162. The van der Waals surface area contributed by atoms with Crippen LogP contribution in [-0.2, 0) is 27.3 Å². The second-order valence-corrected chi connectivity index (χ2v) is 7.69. The maximum atomic E-state index is 12.5. The molecule has 0 saturated carbocycles. The summed E-state index contributed by atoms with van der Waals surface area (Å²) in [6.45, 7) is 4.60. The van der Waals surface area contributed by atoms with Crippen molar-refractivity contribution in [2.24, 2.45) is 0 Å². The van der Waals surface area contributed by atoms with Gasteiger partial charge in [-0.25, -0.2) is 0 Å². The summed E-state index contributed by atoms with van der Waals surface area (Å²) < 4.78 is 12.1. The summed E-state index contributed by atoms with van der Waals surface area (Å²) in [5.74, 6) is 0.171. The van der Waals surface area contributed by atoms with Gasteiger partial charge in [0.05, 0.1) is 37.9 Å². The highest BCUT2D eigenvalue weighted by atomic mass is 16.5. The Morgan fingerprint density at radius 3 is 2.81 bits per heavy atom. The molecule has 1 atom stereocenters. The van der Waals surface area contributed by atoms with Crippen LogP contribution < -0.4 is 0 Å². The first-order valence-electron chi connectivity index (χ1n) is 9.61. The molecule has 142 valence electrons. The van der Waals surface area contributed by atoms with E-state index in [0.29, 0.717) is 32.7 Å². The van der Waals surface area contributed by atoms with Gasteiger partial charge in [0.2, 0.25) is 5.91 Å². The average Bonchev–Trinajstić information content (AvgIpc) is 2.67. The fourth-order valence-electron chi connectivity index (χ4n) is 3.85. The summed E-state index contributed by atoms with van der Waals surface area (Å²) in [7, 11) is 0. The van der Waals surface area contributed by atoms with E-state index in [1.807, 2.05) is 47.4 Å². The number of aromatic nitrogens is 1. The summed E-state index contributed by atoms with van der Waals surface area (Å²) in [5, 5.41) is 0. The zero-order valence-corrected chi connectivity index (χ0v) is 15.8. The number of hydrogen-bond donors (Lipinski definition) is 0. The highest BCUT2D eigenvalue weighted by Crippen LogP contribution is 2.35. The second-order valence-electron chi connectivity index (χ2n) is 7.69. The summed E-state index contributed by atoms with van der Waals surface area (Å²) in [4.78, 5) is 18.7. The van der Waals surface area contributed by atoms with Crippen LogP contribution in [0.4, 0.5) is 0 Å². The van der Waals surface area contributed by atoms with E-state index in [0.717, 1.165) is 24.1 Å². The first kappa shape index (κ1) is 18.1. The Kier molecular flexibility index (Phi) is 5.23. The molecule has 0 radical (unpaired) electrons. The van der Waals surface area contributed by atoms with Crippen LogP contribution >= 0.6 is 0 Å². The number of nitrogens with zero attached hydrogens (tertiary/aromatic N) is 2. The molecule has 2 aliphatic rings. The van der Waals surface area contributed by atoms with Crippen molar-refractivity contribution in [1.82, 2.24) is 9.88 Å². The van der Waals surface area contributed by atoms with E-state index in [-0.39, 0.29) is 17.6 Å². The third-order valence-corrected chi connectivity index (χ3v) is 5.43. The lowest BCUT2D eigenvalue weighted by Gasteiger charge is -2.53. The molecule has 2 fully saturated rings. The van der Waals surface area contributed by atoms with Gasteiger partial charge in [0.25, 0.3) is 0 Å². The SMILES string of the molecule is Cc1ccc(CC(=O)N2CC3(C[C@H](OCc4ccccn4)CCO3)C2)cc1. The third kappa shape index (κ3) is 4.37. The zero-order valence-electron chi connectivity index (χ0n) is 15.8. The summed E-state index contributed by atoms with van der Waals surface area (Å²) in [6.07, 6.45) is 4.14. The first-order valence-corrected chi connectivity index (χ1v) is 9.61. The van der Waals surface area contributed by atoms with Crippen molar-refractivity contribution in [2.45, 2.75) is 44.5 Å². The quantitative estimate of drug-likeness (QED) is 0.816. The number of ether oxygens (including phenoxy) is 2. The Labute approximate surface area is 160 Å². The number of pyridine rings is 1. The van der Waals surface area contributed by atoms with Gasteiger partial charge in [-0.2, -0.15) is 0 Å². The van der Waals surface area contributed by atoms with Crippen LogP contribution in [0, 0.1) is 6.92 Å². The molecule has 5 heteroatoms. The van der Waals surface area contributed by atoms with Crippen molar-refractivity contribution in [3.63, 3.8) is 0 Å². The maximum Gasteiger partial charge on any atom is 0.227 e. The highest BCUT2D eigenvalue weighted by molar-refractivity contribution is 5.80. The molecule has 0 aliphatic carbocycles. The van der Waals surface area contributed by atoms with E-state index in [4.69, 9.17) is 9.47 Å². The van der Waals surface area contributed by atoms with Gasteiger partial charge >= 0.3 is 0 Å². The van der Waals surface area contributed by atoms with E-state index in [2.05, 4.69) is 11.9 Å². The number of amides is 1. The first-order chi connectivity index (χ1) is 13.1.